The van der Waals surface area contributed by atoms with Crippen molar-refractivity contribution in [1.29, 1.82) is 0 Å². The SMILES string of the molecule is CSCC[C@H](C(=O)NCCCN(C)c1ccccc1)N1C(=O)c2ccccc2C1=O. The number of benzene rings is 2. The van der Waals surface area contributed by atoms with E-state index < -0.39 is 6.04 Å². The first kappa shape index (κ1) is 21.9. The fourth-order valence-electron chi connectivity index (χ4n) is 3.56. The molecule has 1 N–H and O–H groups in total. The second-order valence-electron chi connectivity index (χ2n) is 7.22. The maximum absolute atomic E-state index is 12.9. The summed E-state index contributed by atoms with van der Waals surface area (Å²) in [5, 5.41) is 2.92. The van der Waals surface area contributed by atoms with Gasteiger partial charge in [0.25, 0.3) is 11.8 Å². The number of imide groups is 1. The summed E-state index contributed by atoms with van der Waals surface area (Å²) in [5.74, 6) is -0.371. The third-order valence-electron chi connectivity index (χ3n) is 5.20. The van der Waals surface area contributed by atoms with Gasteiger partial charge in [-0.2, -0.15) is 11.8 Å². The Balaban J connectivity index is 1.60. The predicted molar refractivity (Wildman–Crippen MR) is 121 cm³/mol. The quantitative estimate of drug-likeness (QED) is 0.468. The molecule has 6 nitrogen and oxygen atoms in total. The highest BCUT2D eigenvalue weighted by Gasteiger charge is 2.42. The highest BCUT2D eigenvalue weighted by atomic mass is 32.2. The van der Waals surface area contributed by atoms with Gasteiger partial charge >= 0.3 is 0 Å². The van der Waals surface area contributed by atoms with E-state index in [1.807, 2.05) is 43.6 Å². The van der Waals surface area contributed by atoms with Gasteiger partial charge in [0.1, 0.15) is 6.04 Å². The normalized spacial score (nSPS) is 13.9. The molecule has 0 bridgehead atoms. The van der Waals surface area contributed by atoms with Crippen LogP contribution in [0, 0.1) is 0 Å². The summed E-state index contributed by atoms with van der Waals surface area (Å²) in [6, 6.07) is 16.0. The van der Waals surface area contributed by atoms with E-state index in [1.54, 1.807) is 36.0 Å². The standard InChI is InChI=1S/C23H27N3O3S/c1-25(17-9-4-3-5-10-17)15-8-14-24-21(27)20(13-16-30-2)26-22(28)18-11-6-7-12-19(18)23(26)29/h3-7,9-12,20H,8,13-16H2,1-2H3,(H,24,27)/t20-/m1/s1. The summed E-state index contributed by atoms with van der Waals surface area (Å²) in [7, 11) is 2.01. The molecule has 1 aliphatic heterocycles. The van der Waals surface area contributed by atoms with Gasteiger partial charge in [0.2, 0.25) is 5.91 Å². The van der Waals surface area contributed by atoms with Crippen LogP contribution in [0.1, 0.15) is 33.6 Å². The number of hydrogen-bond donors (Lipinski definition) is 1. The molecule has 0 saturated heterocycles. The molecule has 1 heterocycles. The van der Waals surface area contributed by atoms with Gasteiger partial charge < -0.3 is 10.2 Å². The number of amides is 3. The van der Waals surface area contributed by atoms with Crippen LogP contribution in [0.4, 0.5) is 5.69 Å². The van der Waals surface area contributed by atoms with Crippen molar-refractivity contribution >= 4 is 35.2 Å². The second kappa shape index (κ2) is 10.3. The molecule has 0 aromatic heterocycles. The van der Waals surface area contributed by atoms with Crippen LogP contribution in [-0.2, 0) is 4.79 Å². The van der Waals surface area contributed by atoms with Crippen molar-refractivity contribution in [3.63, 3.8) is 0 Å². The molecule has 0 radical (unpaired) electrons. The van der Waals surface area contributed by atoms with Gasteiger partial charge in [-0.05, 0) is 49.1 Å². The van der Waals surface area contributed by atoms with Crippen LogP contribution in [0.15, 0.2) is 54.6 Å². The summed E-state index contributed by atoms with van der Waals surface area (Å²) in [5.41, 5.74) is 1.86. The van der Waals surface area contributed by atoms with Crippen molar-refractivity contribution in [2.24, 2.45) is 0 Å². The van der Waals surface area contributed by atoms with Crippen LogP contribution in [0.25, 0.3) is 0 Å². The van der Waals surface area contributed by atoms with Gasteiger partial charge in [-0.3, -0.25) is 19.3 Å². The molecule has 1 aliphatic rings. The lowest BCUT2D eigenvalue weighted by molar-refractivity contribution is -0.125. The van der Waals surface area contributed by atoms with Crippen LogP contribution >= 0.6 is 11.8 Å². The number of rotatable bonds is 10. The molecule has 3 amide bonds. The van der Waals surface area contributed by atoms with E-state index in [0.717, 1.165) is 23.6 Å². The van der Waals surface area contributed by atoms with Gasteiger partial charge in [-0.15, -0.1) is 0 Å². The number of hydrogen-bond acceptors (Lipinski definition) is 5. The fourth-order valence-corrected chi connectivity index (χ4v) is 4.01. The molecular formula is C23H27N3O3S. The van der Waals surface area contributed by atoms with Crippen molar-refractivity contribution in [2.45, 2.75) is 18.9 Å². The number of para-hydroxylation sites is 1. The Morgan fingerprint density at radius 2 is 1.63 bits per heavy atom. The molecule has 0 unspecified atom stereocenters. The third-order valence-corrected chi connectivity index (χ3v) is 5.85. The minimum absolute atomic E-state index is 0.277. The molecule has 30 heavy (non-hydrogen) atoms. The van der Waals surface area contributed by atoms with Crippen LogP contribution < -0.4 is 10.2 Å². The van der Waals surface area contributed by atoms with Gasteiger partial charge in [0.05, 0.1) is 11.1 Å². The summed E-state index contributed by atoms with van der Waals surface area (Å²) in [4.78, 5) is 41.8. The highest BCUT2D eigenvalue weighted by Crippen LogP contribution is 2.26. The zero-order valence-electron chi connectivity index (χ0n) is 17.3. The first-order valence-corrected chi connectivity index (χ1v) is 11.4. The molecule has 0 saturated carbocycles. The second-order valence-corrected chi connectivity index (χ2v) is 8.21. The van der Waals surface area contributed by atoms with E-state index in [2.05, 4.69) is 10.2 Å². The summed E-state index contributed by atoms with van der Waals surface area (Å²) >= 11 is 1.59. The van der Waals surface area contributed by atoms with Crippen molar-refractivity contribution in [1.82, 2.24) is 10.2 Å². The molecule has 1 atom stereocenters. The maximum Gasteiger partial charge on any atom is 0.262 e. The predicted octanol–water partition coefficient (Wildman–Crippen LogP) is 3.05. The minimum atomic E-state index is -0.795. The Kier molecular flexibility index (Phi) is 7.52. The lowest BCUT2D eigenvalue weighted by Gasteiger charge is -2.25. The van der Waals surface area contributed by atoms with Crippen LogP contribution in [0.2, 0.25) is 0 Å². The number of carbonyl (C=O) groups is 3. The Bertz CT molecular complexity index is 869. The van der Waals surface area contributed by atoms with E-state index in [0.29, 0.717) is 29.8 Å². The lowest BCUT2D eigenvalue weighted by atomic mass is 10.1. The van der Waals surface area contributed by atoms with Crippen LogP contribution in [0.3, 0.4) is 0 Å². The number of carbonyl (C=O) groups excluding carboxylic acids is 3. The Labute approximate surface area is 181 Å². The zero-order valence-corrected chi connectivity index (χ0v) is 18.2. The maximum atomic E-state index is 12.9. The average Bonchev–Trinajstić information content (AvgIpc) is 3.03. The number of thioether (sulfide) groups is 1. The van der Waals surface area contributed by atoms with Crippen LogP contribution in [-0.4, -0.2) is 60.8 Å². The van der Waals surface area contributed by atoms with E-state index in [-0.39, 0.29) is 17.7 Å². The summed E-state index contributed by atoms with van der Waals surface area (Å²) in [6.45, 7) is 1.27. The molecule has 0 spiro atoms. The largest absolute Gasteiger partial charge is 0.375 e. The van der Waals surface area contributed by atoms with Gasteiger partial charge in [-0.1, -0.05) is 30.3 Å². The highest BCUT2D eigenvalue weighted by molar-refractivity contribution is 7.98. The number of nitrogens with zero attached hydrogens (tertiary/aromatic N) is 2. The van der Waals surface area contributed by atoms with E-state index in [1.165, 1.54) is 0 Å². The zero-order chi connectivity index (χ0) is 21.5. The molecule has 0 fully saturated rings. The smallest absolute Gasteiger partial charge is 0.262 e. The Morgan fingerprint density at radius 3 is 2.23 bits per heavy atom. The molecule has 0 aliphatic carbocycles. The van der Waals surface area contributed by atoms with Crippen molar-refractivity contribution in [3.8, 4) is 0 Å². The minimum Gasteiger partial charge on any atom is -0.375 e. The number of anilines is 1. The topological polar surface area (TPSA) is 69.7 Å². The lowest BCUT2D eigenvalue weighted by Crippen LogP contribution is -2.50. The molecule has 2 aromatic carbocycles. The van der Waals surface area contributed by atoms with Gasteiger partial charge in [0, 0.05) is 25.8 Å². The van der Waals surface area contributed by atoms with Gasteiger partial charge in [-0.25, -0.2) is 0 Å². The monoisotopic (exact) mass is 425 g/mol. The van der Waals surface area contributed by atoms with Crippen molar-refractivity contribution < 1.29 is 14.4 Å². The first-order chi connectivity index (χ1) is 14.5. The molecule has 2 aromatic rings. The van der Waals surface area contributed by atoms with E-state index >= 15 is 0 Å². The van der Waals surface area contributed by atoms with Crippen molar-refractivity contribution in [3.05, 3.63) is 65.7 Å². The number of nitrogens with one attached hydrogen (secondary N) is 1. The molecule has 7 heteroatoms. The summed E-state index contributed by atoms with van der Waals surface area (Å²) < 4.78 is 0. The Morgan fingerprint density at radius 1 is 1.03 bits per heavy atom. The molecular weight excluding hydrogens is 398 g/mol. The van der Waals surface area contributed by atoms with Gasteiger partial charge in [0.15, 0.2) is 0 Å². The third kappa shape index (κ3) is 4.84. The van der Waals surface area contributed by atoms with E-state index in [4.69, 9.17) is 0 Å². The molecule has 3 rings (SSSR count). The average molecular weight is 426 g/mol. The Hall–Kier alpha value is -2.80. The van der Waals surface area contributed by atoms with E-state index in [9.17, 15) is 14.4 Å². The fraction of sp³-hybridized carbons (Fsp3) is 0.348. The van der Waals surface area contributed by atoms with Crippen LogP contribution in [0.5, 0.6) is 0 Å². The molecule has 158 valence electrons. The summed E-state index contributed by atoms with van der Waals surface area (Å²) in [6.07, 6.45) is 3.13. The number of fused-ring (bicyclic) bond motifs is 1. The van der Waals surface area contributed by atoms with Crippen molar-refractivity contribution in [2.75, 3.05) is 37.0 Å². The first-order valence-electron chi connectivity index (χ1n) is 10.0.